The van der Waals surface area contributed by atoms with E-state index in [9.17, 15) is 11.0 Å². The summed E-state index contributed by atoms with van der Waals surface area (Å²) in [5.41, 5.74) is 9.35. The lowest BCUT2D eigenvalue weighted by molar-refractivity contribution is 0.669. The van der Waals surface area contributed by atoms with E-state index in [0.29, 0.717) is 38.9 Å². The van der Waals surface area contributed by atoms with Gasteiger partial charge in [-0.1, -0.05) is 170 Å². The summed E-state index contributed by atoms with van der Waals surface area (Å²) >= 11 is 0. The van der Waals surface area contributed by atoms with Crippen molar-refractivity contribution in [1.29, 1.82) is 0 Å². The second-order valence-electron chi connectivity index (χ2n) is 14.5. The van der Waals surface area contributed by atoms with Gasteiger partial charge in [0.25, 0.3) is 0 Å². The van der Waals surface area contributed by atoms with E-state index >= 15 is 0 Å². The molecule has 9 aromatic carbocycles. The van der Waals surface area contributed by atoms with Gasteiger partial charge in [-0.05, 0) is 104 Å². The first-order chi connectivity index (χ1) is 31.6. The molecule has 0 unspecified atom stereocenters. The molecule has 1 aromatic heterocycles. The van der Waals surface area contributed by atoms with Crippen molar-refractivity contribution in [2.45, 2.75) is 5.41 Å². The quantitative estimate of drug-likeness (QED) is 0.175. The van der Waals surface area contributed by atoms with Crippen LogP contribution in [0.5, 0.6) is 0 Å². The smallest absolute Gasteiger partial charge is 0.136 e. The number of anilines is 3. The second-order valence-corrected chi connectivity index (χ2v) is 14.5. The number of fused-ring (bicyclic) bond motifs is 13. The van der Waals surface area contributed by atoms with Crippen molar-refractivity contribution in [3.05, 3.63) is 234 Å². The van der Waals surface area contributed by atoms with Crippen LogP contribution >= 0.6 is 0 Å². The molecule has 0 aliphatic heterocycles. The van der Waals surface area contributed by atoms with Crippen LogP contribution in [0.25, 0.3) is 66.4 Å². The van der Waals surface area contributed by atoms with Crippen LogP contribution < -0.4 is 4.90 Å². The molecule has 10 aromatic rings. The molecule has 2 heteroatoms. The minimum absolute atomic E-state index is 0.0709. The maximum atomic E-state index is 9.93. The van der Waals surface area contributed by atoms with Crippen molar-refractivity contribution in [2.24, 2.45) is 0 Å². The van der Waals surface area contributed by atoms with Gasteiger partial charge in [-0.2, -0.15) is 0 Å². The number of hydrogen-bond acceptors (Lipinski definition) is 2. The molecule has 0 saturated carbocycles. The summed E-state index contributed by atoms with van der Waals surface area (Å²) in [6.07, 6.45) is 0. The molecule has 266 valence electrons. The predicted molar refractivity (Wildman–Crippen MR) is 236 cm³/mol. The van der Waals surface area contributed by atoms with Crippen molar-refractivity contribution >= 4 is 39.0 Å². The maximum Gasteiger partial charge on any atom is 0.136 e. The van der Waals surface area contributed by atoms with Crippen LogP contribution in [0.15, 0.2) is 217 Å². The van der Waals surface area contributed by atoms with E-state index < -0.39 is 29.6 Å². The molecule has 0 atom stereocenters. The van der Waals surface area contributed by atoms with E-state index in [1.165, 1.54) is 4.90 Å². The van der Waals surface area contributed by atoms with Gasteiger partial charge in [0.15, 0.2) is 0 Å². The Labute approximate surface area is 342 Å². The fourth-order valence-electron chi connectivity index (χ4n) is 9.37. The number of para-hydroxylation sites is 1. The van der Waals surface area contributed by atoms with Crippen LogP contribution in [0.1, 0.15) is 33.2 Å². The highest BCUT2D eigenvalue weighted by molar-refractivity contribution is 6.12. The van der Waals surface area contributed by atoms with Crippen molar-refractivity contribution in [1.82, 2.24) is 0 Å². The van der Waals surface area contributed by atoms with Gasteiger partial charge in [-0.3, -0.25) is 0 Å². The molecule has 0 radical (unpaired) electrons. The topological polar surface area (TPSA) is 16.4 Å². The Bertz CT molecular complexity index is 3570. The van der Waals surface area contributed by atoms with E-state index in [1.807, 2.05) is 91.0 Å². The SMILES string of the molecule is [2H]c1c([2H])c(N(c2cccc3c2-c2ccccc2C32c3ccccc3-c3ccccc32)c2c([2H])c([2H])c(-c3cccc4oc5ccccc5c34)c([2H])c2[2H])c([2H])c([2H])c1-c1ccccc1. The van der Waals surface area contributed by atoms with Crippen molar-refractivity contribution in [2.75, 3.05) is 4.90 Å². The van der Waals surface area contributed by atoms with Gasteiger partial charge >= 0.3 is 0 Å². The van der Waals surface area contributed by atoms with Gasteiger partial charge in [-0.25, -0.2) is 0 Å². The first-order valence-electron chi connectivity index (χ1n) is 23.0. The molecule has 1 spiro atoms. The van der Waals surface area contributed by atoms with Crippen molar-refractivity contribution < 1.29 is 15.4 Å². The molecule has 2 aliphatic rings. The number of rotatable bonds is 5. The number of furan rings is 1. The van der Waals surface area contributed by atoms with Gasteiger partial charge in [0, 0.05) is 27.7 Å². The number of hydrogen-bond donors (Lipinski definition) is 0. The van der Waals surface area contributed by atoms with Crippen molar-refractivity contribution in [3.63, 3.8) is 0 Å². The molecular formula is C55H35NO. The summed E-state index contributed by atoms with van der Waals surface area (Å²) < 4.78 is 84.0. The summed E-state index contributed by atoms with van der Waals surface area (Å²) in [6, 6.07) is 49.5. The third kappa shape index (κ3) is 4.53. The van der Waals surface area contributed by atoms with Crippen LogP contribution in [-0.2, 0) is 5.41 Å². The fraction of sp³-hybridized carbons (Fsp3) is 0.0182. The zero-order chi connectivity index (χ0) is 44.5. The third-order valence-electron chi connectivity index (χ3n) is 11.6. The average Bonchev–Trinajstić information content (AvgIpc) is 3.98. The molecule has 12 rings (SSSR count). The molecule has 2 aliphatic carbocycles. The largest absolute Gasteiger partial charge is 0.456 e. The van der Waals surface area contributed by atoms with Gasteiger partial charge < -0.3 is 9.32 Å². The average molecular weight is 734 g/mol. The van der Waals surface area contributed by atoms with Crippen LogP contribution in [-0.4, -0.2) is 0 Å². The van der Waals surface area contributed by atoms with E-state index in [1.54, 1.807) is 36.4 Å². The molecule has 1 heterocycles. The van der Waals surface area contributed by atoms with Crippen LogP contribution in [0, 0.1) is 0 Å². The summed E-state index contributed by atoms with van der Waals surface area (Å²) in [5.74, 6) is 0. The van der Waals surface area contributed by atoms with Gasteiger partial charge in [-0.15, -0.1) is 0 Å². The maximum absolute atomic E-state index is 9.93. The molecule has 0 bridgehead atoms. The molecule has 0 N–H and O–H groups in total. The van der Waals surface area contributed by atoms with Gasteiger partial charge in [0.1, 0.15) is 11.2 Å². The predicted octanol–water partition coefficient (Wildman–Crippen LogP) is 14.7. The van der Waals surface area contributed by atoms with Crippen molar-refractivity contribution in [3.8, 4) is 44.5 Å². The molecule has 57 heavy (non-hydrogen) atoms. The Balaban J connectivity index is 1.20. The highest BCUT2D eigenvalue weighted by Crippen LogP contribution is 2.64. The van der Waals surface area contributed by atoms with E-state index in [-0.39, 0.29) is 46.7 Å². The summed E-state index contributed by atoms with van der Waals surface area (Å²) in [6.45, 7) is 0. The third-order valence-corrected chi connectivity index (χ3v) is 11.6. The van der Waals surface area contributed by atoms with E-state index in [4.69, 9.17) is 4.42 Å². The molecule has 0 amide bonds. The summed E-state index contributed by atoms with van der Waals surface area (Å²) in [7, 11) is 0. The van der Waals surface area contributed by atoms with Gasteiger partial charge in [0.05, 0.1) is 22.1 Å². The standard InChI is InChI=1S/C55H35NO/c1-2-14-36(15-3-1)37-28-32-39(33-29-37)56(40-34-30-38(31-35-40)41-20-12-27-52-53(41)45-19-7-11-26-51(45)57-52)50-25-13-24-49-54(50)44-18-6-10-23-48(44)55(49)46-21-8-4-16-42(46)43-17-5-9-22-47(43)55/h1-35H/i28D,29D,30D,31D,32D,33D,34D,35D. The molecule has 0 saturated heterocycles. The monoisotopic (exact) mass is 733 g/mol. The zero-order valence-corrected chi connectivity index (χ0v) is 30.4. The summed E-state index contributed by atoms with van der Waals surface area (Å²) in [5, 5.41) is 1.43. The van der Waals surface area contributed by atoms with Gasteiger partial charge in [0.2, 0.25) is 0 Å². The normalized spacial score (nSPS) is 15.0. The first kappa shape index (κ1) is 24.9. The number of benzene rings is 9. The Hall–Kier alpha value is -7.42. The zero-order valence-electron chi connectivity index (χ0n) is 38.4. The Morgan fingerprint density at radius 3 is 1.60 bits per heavy atom. The van der Waals surface area contributed by atoms with Crippen LogP contribution in [0.4, 0.5) is 17.1 Å². The molecule has 0 fully saturated rings. The lowest BCUT2D eigenvalue weighted by Crippen LogP contribution is -2.26. The highest BCUT2D eigenvalue weighted by Gasteiger charge is 2.52. The lowest BCUT2D eigenvalue weighted by atomic mass is 9.70. The second kappa shape index (κ2) is 12.3. The Morgan fingerprint density at radius 2 is 0.895 bits per heavy atom. The minimum atomic E-state index is -0.794. The molecular weight excluding hydrogens is 691 g/mol. The number of nitrogens with zero attached hydrogens (tertiary/aromatic N) is 1. The highest BCUT2D eigenvalue weighted by atomic mass is 16.3. The minimum Gasteiger partial charge on any atom is -0.456 e. The fourth-order valence-corrected chi connectivity index (χ4v) is 9.37. The Morgan fingerprint density at radius 1 is 0.386 bits per heavy atom. The van der Waals surface area contributed by atoms with E-state index in [0.717, 1.165) is 44.3 Å². The van der Waals surface area contributed by atoms with Crippen LogP contribution in [0.3, 0.4) is 0 Å². The Kier molecular flexibility index (Phi) is 5.37. The first-order valence-corrected chi connectivity index (χ1v) is 19.0. The lowest BCUT2D eigenvalue weighted by Gasteiger charge is -2.32. The molecule has 2 nitrogen and oxygen atoms in total. The van der Waals surface area contributed by atoms with E-state index in [2.05, 4.69) is 36.4 Å². The van der Waals surface area contributed by atoms with Crippen LogP contribution in [0.2, 0.25) is 0 Å². The summed E-state index contributed by atoms with van der Waals surface area (Å²) in [4.78, 5) is 1.45.